The fourth-order valence-electron chi connectivity index (χ4n) is 5.16. The maximum absolute atomic E-state index is 6.76. The van der Waals surface area contributed by atoms with Gasteiger partial charge in [-0.2, -0.15) is 0 Å². The van der Waals surface area contributed by atoms with E-state index in [0.717, 1.165) is 0 Å². The van der Waals surface area contributed by atoms with E-state index in [0.29, 0.717) is 119 Å². The third-order valence-electron chi connectivity index (χ3n) is 7.84. The first kappa shape index (κ1) is 58.5. The van der Waals surface area contributed by atoms with Gasteiger partial charge in [-0.3, -0.25) is 0 Å². The van der Waals surface area contributed by atoms with Crippen molar-refractivity contribution in [2.75, 3.05) is 132 Å². The molecule has 13 nitrogen and oxygen atoms in total. The Hall–Kier alpha value is -0.520. The Kier molecular flexibility index (Phi) is 28.1. The highest BCUT2D eigenvalue weighted by Gasteiger charge is 2.37. The van der Waals surface area contributed by atoms with Crippen LogP contribution < -0.4 is 0 Å². The van der Waals surface area contributed by atoms with Crippen molar-refractivity contribution in [1.29, 1.82) is 0 Å². The number of ether oxygens (including phenoxy) is 13. The van der Waals surface area contributed by atoms with Crippen molar-refractivity contribution >= 4 is 0 Å². The molecule has 13 heteroatoms. The van der Waals surface area contributed by atoms with Crippen molar-refractivity contribution < 1.29 is 61.6 Å². The summed E-state index contributed by atoms with van der Waals surface area (Å²) in [6, 6.07) is 0. The second kappa shape index (κ2) is 28.3. The van der Waals surface area contributed by atoms with Crippen molar-refractivity contribution in [3.8, 4) is 0 Å². The van der Waals surface area contributed by atoms with E-state index in [-0.39, 0.29) is 46.8 Å². The molecule has 0 aromatic heterocycles. The molecule has 0 fully saturated rings. The molecule has 0 spiro atoms. The summed E-state index contributed by atoms with van der Waals surface area (Å²) < 4.78 is 80.4. The predicted molar refractivity (Wildman–Crippen MR) is 235 cm³/mol. The maximum Gasteiger partial charge on any atom is 0.0707 e. The molecular formula is C46H94O13. The molecule has 0 saturated carbocycles. The van der Waals surface area contributed by atoms with Crippen molar-refractivity contribution in [1.82, 2.24) is 0 Å². The first-order valence-corrected chi connectivity index (χ1v) is 21.8. The Bertz CT molecular complexity index is 811. The Balaban J connectivity index is 6.45. The second-order valence-corrected chi connectivity index (χ2v) is 21.6. The maximum atomic E-state index is 6.76. The summed E-state index contributed by atoms with van der Waals surface area (Å²) in [5.74, 6) is 0. The van der Waals surface area contributed by atoms with Crippen molar-refractivity contribution in [2.24, 2.45) is 10.8 Å². The Morgan fingerprint density at radius 3 is 0.458 bits per heavy atom. The monoisotopic (exact) mass is 855 g/mol. The summed E-state index contributed by atoms with van der Waals surface area (Å²) in [7, 11) is 0. The lowest BCUT2D eigenvalue weighted by molar-refractivity contribution is -0.157. The molecule has 356 valence electrons. The molecule has 0 aromatic rings. The zero-order chi connectivity index (χ0) is 45.3. The van der Waals surface area contributed by atoms with Gasteiger partial charge in [-0.1, -0.05) is 0 Å². The first-order valence-electron chi connectivity index (χ1n) is 21.8. The van der Waals surface area contributed by atoms with E-state index in [1.54, 1.807) is 0 Å². The lowest BCUT2D eigenvalue weighted by atomic mass is 9.90. The van der Waals surface area contributed by atoms with Gasteiger partial charge in [0.15, 0.2) is 0 Å². The molecule has 0 amide bonds. The molecule has 0 aromatic carbocycles. The van der Waals surface area contributed by atoms with E-state index in [2.05, 4.69) is 0 Å². The minimum atomic E-state index is -0.679. The predicted octanol–water partition coefficient (Wildman–Crippen LogP) is 7.97. The normalized spacial score (nSPS) is 14.1. The third-order valence-corrected chi connectivity index (χ3v) is 7.84. The van der Waals surface area contributed by atoms with Crippen LogP contribution in [0.5, 0.6) is 0 Å². The quantitative estimate of drug-likeness (QED) is 0.0583. The summed E-state index contributed by atoms with van der Waals surface area (Å²) in [6.45, 7) is 44.1. The molecule has 0 heterocycles. The molecule has 0 saturated heterocycles. The number of hydrogen-bond donors (Lipinski definition) is 0. The van der Waals surface area contributed by atoms with Gasteiger partial charge in [0.05, 0.1) is 177 Å². The van der Waals surface area contributed by atoms with Crippen molar-refractivity contribution in [3.05, 3.63) is 0 Å². The fraction of sp³-hybridized carbons (Fsp3) is 1.00. The summed E-state index contributed by atoms with van der Waals surface area (Å²) in [5, 5.41) is 0. The molecule has 0 rings (SSSR count). The van der Waals surface area contributed by atoms with E-state index >= 15 is 0 Å². The van der Waals surface area contributed by atoms with Crippen LogP contribution in [0, 0.1) is 10.8 Å². The largest absolute Gasteiger partial charge is 0.380 e. The zero-order valence-corrected chi connectivity index (χ0v) is 41.4. The second-order valence-electron chi connectivity index (χ2n) is 21.6. The van der Waals surface area contributed by atoms with Crippen LogP contribution in [-0.2, 0) is 61.6 Å². The van der Waals surface area contributed by atoms with Crippen LogP contribution >= 0.6 is 0 Å². The van der Waals surface area contributed by atoms with Gasteiger partial charge in [0, 0.05) is 0 Å². The van der Waals surface area contributed by atoms with Gasteiger partial charge >= 0.3 is 0 Å². The van der Waals surface area contributed by atoms with Crippen LogP contribution in [0.3, 0.4) is 0 Å². The summed E-state index contributed by atoms with van der Waals surface area (Å²) in [5.41, 5.74) is -3.01. The first-order chi connectivity index (χ1) is 26.9. The molecule has 0 radical (unpaired) electrons. The molecule has 0 atom stereocenters. The number of hydrogen-bond acceptors (Lipinski definition) is 13. The summed E-state index contributed by atoms with van der Waals surface area (Å²) in [6.07, 6.45) is 0. The molecule has 0 unspecified atom stereocenters. The van der Waals surface area contributed by atoms with Gasteiger partial charge in [0.2, 0.25) is 0 Å². The third kappa shape index (κ3) is 38.9. The van der Waals surface area contributed by atoms with Gasteiger partial charge in [0.25, 0.3) is 0 Å². The lowest BCUT2D eigenvalue weighted by Crippen LogP contribution is -2.46. The average Bonchev–Trinajstić information content (AvgIpc) is 3.04. The van der Waals surface area contributed by atoms with E-state index in [1.165, 1.54) is 0 Å². The highest BCUT2D eigenvalue weighted by Crippen LogP contribution is 2.26. The molecule has 0 aliphatic carbocycles. The molecular weight excluding hydrogens is 760 g/mol. The van der Waals surface area contributed by atoms with Crippen LogP contribution in [-0.4, -0.2) is 166 Å². The Morgan fingerprint density at radius 1 is 0.186 bits per heavy atom. The summed E-state index contributed by atoms with van der Waals surface area (Å²) >= 11 is 0. The minimum absolute atomic E-state index is 0.266. The molecule has 59 heavy (non-hydrogen) atoms. The minimum Gasteiger partial charge on any atom is -0.380 e. The van der Waals surface area contributed by atoms with Crippen LogP contribution in [0.15, 0.2) is 0 Å². The average molecular weight is 855 g/mol. The van der Waals surface area contributed by atoms with Crippen molar-refractivity contribution in [2.45, 2.75) is 158 Å². The summed E-state index contributed by atoms with van der Waals surface area (Å²) in [4.78, 5) is 0. The van der Waals surface area contributed by atoms with E-state index in [4.69, 9.17) is 61.6 Å². The van der Waals surface area contributed by atoms with Crippen LogP contribution in [0.2, 0.25) is 0 Å². The van der Waals surface area contributed by atoms with Gasteiger partial charge in [-0.15, -0.1) is 0 Å². The van der Waals surface area contributed by atoms with Crippen LogP contribution in [0.1, 0.15) is 125 Å². The number of rotatable bonds is 34. The fourth-order valence-corrected chi connectivity index (χ4v) is 5.16. The molecule has 0 bridgehead atoms. The standard InChI is InChI=1S/C46H94O13/c1-39(2,3)54-25-19-47-31-45(32-48-20-26-55-40(4,5)6,33-49-21-27-56-41(7,8)9)37-53-38-46(34-50-22-28-57-42(10,11)12,35-51-23-29-58-43(13,14)15)36-52-24-30-59-44(16,17)18/h19-38H2,1-18H3. The SMILES string of the molecule is CC(C)(C)OCCOCC(COCCOC(C)(C)C)(COCCOC(C)(C)C)COCC(COCCOC(C)(C)C)(COCCOC(C)(C)C)COCCOC(C)(C)C. The lowest BCUT2D eigenvalue weighted by Gasteiger charge is -2.37. The van der Waals surface area contributed by atoms with E-state index < -0.39 is 10.8 Å². The smallest absolute Gasteiger partial charge is 0.0707 e. The molecule has 0 aliphatic heterocycles. The van der Waals surface area contributed by atoms with E-state index in [1.807, 2.05) is 125 Å². The van der Waals surface area contributed by atoms with Gasteiger partial charge in [-0.05, 0) is 125 Å². The molecule has 0 aliphatic rings. The van der Waals surface area contributed by atoms with Crippen LogP contribution in [0.25, 0.3) is 0 Å². The van der Waals surface area contributed by atoms with Crippen LogP contribution in [0.4, 0.5) is 0 Å². The van der Waals surface area contributed by atoms with E-state index in [9.17, 15) is 0 Å². The van der Waals surface area contributed by atoms with Gasteiger partial charge in [0.1, 0.15) is 0 Å². The highest BCUT2D eigenvalue weighted by atomic mass is 16.6. The van der Waals surface area contributed by atoms with Gasteiger partial charge < -0.3 is 61.6 Å². The zero-order valence-electron chi connectivity index (χ0n) is 41.4. The Labute approximate surface area is 362 Å². The topological polar surface area (TPSA) is 120 Å². The van der Waals surface area contributed by atoms with Crippen molar-refractivity contribution in [3.63, 3.8) is 0 Å². The molecule has 0 N–H and O–H groups in total. The Morgan fingerprint density at radius 2 is 0.322 bits per heavy atom. The highest BCUT2D eigenvalue weighted by molar-refractivity contribution is 4.84. The van der Waals surface area contributed by atoms with Gasteiger partial charge in [-0.25, -0.2) is 0 Å².